The molecule has 0 spiro atoms. The van der Waals surface area contributed by atoms with Gasteiger partial charge in [-0.25, -0.2) is 8.42 Å². The van der Waals surface area contributed by atoms with Crippen LogP contribution in [0.3, 0.4) is 0 Å². The Morgan fingerprint density at radius 2 is 1.93 bits per heavy atom. The van der Waals surface area contributed by atoms with Crippen molar-refractivity contribution in [2.75, 3.05) is 25.6 Å². The minimum atomic E-state index is -3.80. The number of para-hydroxylation sites is 2. The Balaban J connectivity index is 1.94. The fourth-order valence-corrected chi connectivity index (χ4v) is 5.50. The maximum Gasteiger partial charge on any atom is 0.255 e. The maximum atomic E-state index is 13.3. The summed E-state index contributed by atoms with van der Waals surface area (Å²) in [5.74, 6) is 0.351. The standard InChI is InChI=1S/C22H28N2O5S/c1-4-29-19-11-6-5-10-18(19)23-22(25)17-12-13-20(28-3)21(15-17)30(26,27)24-14-8-7-9-16(24)2/h5-6,10-13,15-16H,4,7-9,14H2,1-3H3,(H,23,25). The first kappa shape index (κ1) is 22.1. The smallest absolute Gasteiger partial charge is 0.255 e. The third-order valence-electron chi connectivity index (χ3n) is 5.19. The van der Waals surface area contributed by atoms with Crippen molar-refractivity contribution in [1.82, 2.24) is 4.31 Å². The number of hydrogen-bond acceptors (Lipinski definition) is 5. The molecule has 0 bridgehead atoms. The van der Waals surface area contributed by atoms with Crippen molar-refractivity contribution in [3.05, 3.63) is 48.0 Å². The highest BCUT2D eigenvalue weighted by molar-refractivity contribution is 7.89. The number of ether oxygens (including phenoxy) is 2. The number of sulfonamides is 1. The minimum absolute atomic E-state index is 0.00416. The highest BCUT2D eigenvalue weighted by Crippen LogP contribution is 2.32. The molecule has 1 heterocycles. The van der Waals surface area contributed by atoms with Gasteiger partial charge in [0.15, 0.2) is 0 Å². The Hall–Kier alpha value is -2.58. The molecule has 1 atom stereocenters. The van der Waals surface area contributed by atoms with Crippen molar-refractivity contribution in [2.45, 2.75) is 44.0 Å². The zero-order valence-electron chi connectivity index (χ0n) is 17.6. The Morgan fingerprint density at radius 3 is 2.63 bits per heavy atom. The molecule has 3 rings (SSSR count). The number of anilines is 1. The van der Waals surface area contributed by atoms with E-state index in [1.807, 2.05) is 19.9 Å². The minimum Gasteiger partial charge on any atom is -0.495 e. The lowest BCUT2D eigenvalue weighted by atomic mass is 10.1. The van der Waals surface area contributed by atoms with Crippen molar-refractivity contribution in [3.63, 3.8) is 0 Å². The maximum absolute atomic E-state index is 13.3. The molecular weight excluding hydrogens is 404 g/mol. The van der Waals surface area contributed by atoms with Gasteiger partial charge in [-0.1, -0.05) is 18.6 Å². The summed E-state index contributed by atoms with van der Waals surface area (Å²) in [5, 5.41) is 2.80. The monoisotopic (exact) mass is 432 g/mol. The fourth-order valence-electron chi connectivity index (χ4n) is 3.62. The van der Waals surface area contributed by atoms with E-state index in [1.54, 1.807) is 24.3 Å². The van der Waals surface area contributed by atoms with Crippen LogP contribution in [0.25, 0.3) is 0 Å². The average Bonchev–Trinajstić information content (AvgIpc) is 2.75. The number of rotatable bonds is 7. The van der Waals surface area contributed by atoms with E-state index in [4.69, 9.17) is 9.47 Å². The van der Waals surface area contributed by atoms with Gasteiger partial charge in [-0.3, -0.25) is 4.79 Å². The zero-order chi connectivity index (χ0) is 21.7. The first-order valence-electron chi connectivity index (χ1n) is 10.1. The van der Waals surface area contributed by atoms with Gasteiger partial charge in [0.05, 0.1) is 19.4 Å². The van der Waals surface area contributed by atoms with E-state index in [-0.39, 0.29) is 22.3 Å². The van der Waals surface area contributed by atoms with E-state index in [2.05, 4.69) is 5.32 Å². The second kappa shape index (κ2) is 9.49. The van der Waals surface area contributed by atoms with Crippen LogP contribution in [0.15, 0.2) is 47.4 Å². The molecule has 30 heavy (non-hydrogen) atoms. The van der Waals surface area contributed by atoms with Crippen LogP contribution < -0.4 is 14.8 Å². The number of carbonyl (C=O) groups is 1. The van der Waals surface area contributed by atoms with E-state index in [1.165, 1.54) is 23.5 Å². The molecule has 2 aromatic carbocycles. The predicted octanol–water partition coefficient (Wildman–Crippen LogP) is 3.91. The number of piperidine rings is 1. The van der Waals surface area contributed by atoms with Gasteiger partial charge in [0, 0.05) is 18.2 Å². The van der Waals surface area contributed by atoms with E-state index < -0.39 is 15.9 Å². The molecule has 0 radical (unpaired) electrons. The van der Waals surface area contributed by atoms with Gasteiger partial charge in [0.1, 0.15) is 16.4 Å². The van der Waals surface area contributed by atoms with Crippen molar-refractivity contribution < 1.29 is 22.7 Å². The van der Waals surface area contributed by atoms with Crippen LogP contribution in [0.2, 0.25) is 0 Å². The lowest BCUT2D eigenvalue weighted by Gasteiger charge is -2.32. The number of hydrogen-bond donors (Lipinski definition) is 1. The highest BCUT2D eigenvalue weighted by atomic mass is 32.2. The lowest BCUT2D eigenvalue weighted by Crippen LogP contribution is -2.42. The van der Waals surface area contributed by atoms with E-state index in [0.717, 1.165) is 19.3 Å². The molecule has 0 aliphatic carbocycles. The highest BCUT2D eigenvalue weighted by Gasteiger charge is 2.33. The average molecular weight is 433 g/mol. The summed E-state index contributed by atoms with van der Waals surface area (Å²) < 4.78 is 39.0. The fraction of sp³-hybridized carbons (Fsp3) is 0.409. The molecule has 0 aromatic heterocycles. The Labute approximate surface area is 178 Å². The van der Waals surface area contributed by atoms with Gasteiger partial charge in [0.25, 0.3) is 5.91 Å². The summed E-state index contributed by atoms with van der Waals surface area (Å²) in [6.45, 7) is 4.70. The molecule has 162 valence electrons. The van der Waals surface area contributed by atoms with Crippen LogP contribution in [0.4, 0.5) is 5.69 Å². The summed E-state index contributed by atoms with van der Waals surface area (Å²) >= 11 is 0. The molecule has 1 N–H and O–H groups in total. The van der Waals surface area contributed by atoms with Crippen LogP contribution >= 0.6 is 0 Å². The second-order valence-corrected chi connectivity index (χ2v) is 9.07. The zero-order valence-corrected chi connectivity index (χ0v) is 18.4. The first-order valence-corrected chi connectivity index (χ1v) is 11.6. The quantitative estimate of drug-likeness (QED) is 0.717. The third kappa shape index (κ3) is 4.60. The number of methoxy groups -OCH3 is 1. The number of nitrogens with zero attached hydrogens (tertiary/aromatic N) is 1. The molecule has 1 amide bonds. The first-order chi connectivity index (χ1) is 14.4. The predicted molar refractivity (Wildman–Crippen MR) is 116 cm³/mol. The van der Waals surface area contributed by atoms with Crippen molar-refractivity contribution in [1.29, 1.82) is 0 Å². The summed E-state index contributed by atoms with van der Waals surface area (Å²) in [4.78, 5) is 12.9. The summed E-state index contributed by atoms with van der Waals surface area (Å²) in [7, 11) is -2.37. The molecule has 1 saturated heterocycles. The molecule has 1 aliphatic heterocycles. The topological polar surface area (TPSA) is 84.9 Å². The van der Waals surface area contributed by atoms with Gasteiger partial charge in [-0.05, 0) is 57.0 Å². The molecular formula is C22H28N2O5S. The van der Waals surface area contributed by atoms with Gasteiger partial charge in [0.2, 0.25) is 10.0 Å². The number of benzene rings is 2. The molecule has 0 saturated carbocycles. The number of carbonyl (C=O) groups excluding carboxylic acids is 1. The van der Waals surface area contributed by atoms with Crippen LogP contribution in [-0.2, 0) is 10.0 Å². The van der Waals surface area contributed by atoms with Gasteiger partial charge < -0.3 is 14.8 Å². The van der Waals surface area contributed by atoms with Crippen LogP contribution in [-0.4, -0.2) is 44.9 Å². The molecule has 8 heteroatoms. The van der Waals surface area contributed by atoms with Gasteiger partial charge in [-0.15, -0.1) is 0 Å². The summed E-state index contributed by atoms with van der Waals surface area (Å²) in [6.07, 6.45) is 2.64. The Kier molecular flexibility index (Phi) is 6.99. The van der Waals surface area contributed by atoms with Crippen LogP contribution in [0.1, 0.15) is 43.5 Å². The van der Waals surface area contributed by atoms with Crippen molar-refractivity contribution in [2.24, 2.45) is 0 Å². The Bertz CT molecular complexity index is 1010. The summed E-state index contributed by atoms with van der Waals surface area (Å²) in [5.41, 5.74) is 0.750. The van der Waals surface area contributed by atoms with E-state index in [9.17, 15) is 13.2 Å². The largest absolute Gasteiger partial charge is 0.495 e. The molecule has 1 fully saturated rings. The normalized spacial score (nSPS) is 17.4. The Morgan fingerprint density at radius 1 is 1.17 bits per heavy atom. The molecule has 2 aromatic rings. The number of amides is 1. The van der Waals surface area contributed by atoms with Crippen molar-refractivity contribution >= 4 is 21.6 Å². The lowest BCUT2D eigenvalue weighted by molar-refractivity contribution is 0.102. The molecule has 7 nitrogen and oxygen atoms in total. The number of nitrogens with one attached hydrogen (secondary N) is 1. The summed E-state index contributed by atoms with van der Waals surface area (Å²) in [6, 6.07) is 11.5. The molecule has 1 unspecified atom stereocenters. The van der Waals surface area contributed by atoms with Gasteiger partial charge in [-0.2, -0.15) is 4.31 Å². The molecule has 1 aliphatic rings. The van der Waals surface area contributed by atoms with Crippen LogP contribution in [0, 0.1) is 0 Å². The van der Waals surface area contributed by atoms with Gasteiger partial charge >= 0.3 is 0 Å². The van der Waals surface area contributed by atoms with E-state index >= 15 is 0 Å². The van der Waals surface area contributed by atoms with Crippen LogP contribution in [0.5, 0.6) is 11.5 Å². The van der Waals surface area contributed by atoms with Crippen molar-refractivity contribution in [3.8, 4) is 11.5 Å². The second-order valence-electron chi connectivity index (χ2n) is 7.21. The van der Waals surface area contributed by atoms with E-state index in [0.29, 0.717) is 24.6 Å². The third-order valence-corrected chi connectivity index (χ3v) is 7.22. The SMILES string of the molecule is CCOc1ccccc1NC(=O)c1ccc(OC)c(S(=O)(=O)N2CCCCC2C)c1.